The second-order valence-corrected chi connectivity index (χ2v) is 40.0. The maximum atomic E-state index is 13.1. The number of rotatable bonds is 40. The van der Waals surface area contributed by atoms with Crippen molar-refractivity contribution < 1.29 is 160 Å². The molecule has 0 saturated heterocycles. The molecule has 0 aliphatic rings. The Kier molecular flexibility index (Phi) is 42.0. The molecule has 28 N–H and O–H groups in total. The molecule has 0 aromatic carbocycles. The predicted octanol–water partition coefficient (Wildman–Crippen LogP) is 1.77. The van der Waals surface area contributed by atoms with Crippen molar-refractivity contribution in [2.45, 2.75) is 143 Å². The summed E-state index contributed by atoms with van der Waals surface area (Å²) in [4.78, 5) is 218. The quantitative estimate of drug-likeness (QED) is 0.00650. The van der Waals surface area contributed by atoms with Gasteiger partial charge in [0.2, 0.25) is 37.4 Å². The zero-order chi connectivity index (χ0) is 104. The molecule has 0 aliphatic heterocycles. The molecule has 0 bridgehead atoms. The first-order valence-electron chi connectivity index (χ1n) is 39.3. The van der Waals surface area contributed by atoms with E-state index in [1.165, 1.54) is 39.0 Å². The Hall–Kier alpha value is -11.3. The summed E-state index contributed by atoms with van der Waals surface area (Å²) in [7, 11) is -25.8. The number of nitrogens with zero attached hydrogens (tertiary/aromatic N) is 18. The van der Waals surface area contributed by atoms with Gasteiger partial charge in [0.25, 0.3) is 22.2 Å². The number of nitrogens with one attached hydrogen (secondary N) is 6. The summed E-state index contributed by atoms with van der Waals surface area (Å²) in [5.41, 5.74) is 33.6. The molecule has 0 saturated carbocycles. The molecule has 12 rings (SSSR count). The summed E-state index contributed by atoms with van der Waals surface area (Å²) in [5.74, 6) is -0.171. The highest BCUT2D eigenvalue weighted by atomic mass is 32.1. The van der Waals surface area contributed by atoms with E-state index in [1.807, 2.05) is 0 Å². The van der Waals surface area contributed by atoms with E-state index in [0.29, 0.717) is 51.1 Å². The standard InChI is InChI=1S/C19H30N5O11P.C9H11F3N5O5P.C9H13FN5O5P.C9H14N5O5P.2C9H14N5O4PS/c1-11(2)34-18(26)29-8-32-36(28,33-9-30-19(27)35-12(3)4)10-31-13(5)6-24-7-21-14-15(24)22-17(20)23-16(14)25;10-9(11,12)4(22-3-23(19,20)21)1-17-2-14-5-6(17)15-8(13)16-7(5)18;10-1-5(20-4-21(17,18)19)2-15-3-12-6-7(15)13-9(11)14-8(6)16;1-5(19-4-20(16,17)18)2-14-3-11-6-7(14)12-9(10)13-8(6)15;1-5(18-4-19(15,16)17)2-14-3-11-6-7(14)12-9(10)13-8(6)20;10-9-12-7-6(8(20)13-9)11-4-14(7)2-1-3-18-5-19(15,16)17/h7,11-13H,6,8-10H2,1-5H3,(H3,20,22,23,25);2,4H,1,3H2,(H2,19,20,21)(H3,13,15,16,18);3,5H,1-2,4H2,(H2,17,18,19)(H3,11,13,14,16);3,5H,2,4H2,1H3,(H2,16,17,18)(H3,10,12,13,15);3,5H,2,4H2,1H3,(H2,15,16,17)(H3,10,12,13,20);4H,1-3,5H2,(H2,15,16,17)(H3,10,12,13,20). The van der Waals surface area contributed by atoms with E-state index < -0.39 is 194 Å². The summed E-state index contributed by atoms with van der Waals surface area (Å²) >= 11 is 10.1. The molecule has 12 heterocycles. The normalized spacial score (nSPS) is 13.3. The largest absolute Gasteiger partial charge is 0.510 e. The predicted molar refractivity (Wildman–Crippen MR) is 483 cm³/mol. The van der Waals surface area contributed by atoms with Crippen molar-refractivity contribution in [1.29, 1.82) is 0 Å². The lowest BCUT2D eigenvalue weighted by molar-refractivity contribution is -0.219. The van der Waals surface area contributed by atoms with Crippen molar-refractivity contribution in [1.82, 2.24) is 117 Å². The second kappa shape index (κ2) is 50.9. The van der Waals surface area contributed by atoms with Crippen LogP contribution in [0.1, 0.15) is 54.9 Å². The number of anilines is 6. The first-order valence-corrected chi connectivity index (χ1v) is 50.9. The van der Waals surface area contributed by atoms with E-state index in [1.54, 1.807) is 63.9 Å². The lowest BCUT2D eigenvalue weighted by Crippen LogP contribution is -2.36. The average molecular weight is 2160 g/mol. The number of alkyl halides is 4. The zero-order valence-electron chi connectivity index (χ0n) is 73.8. The molecule has 140 heavy (non-hydrogen) atoms. The molecule has 0 aliphatic carbocycles. The summed E-state index contributed by atoms with van der Waals surface area (Å²) in [5, 5.41) is 0. The molecule has 64 nitrogen and oxygen atoms in total. The van der Waals surface area contributed by atoms with Gasteiger partial charge in [-0.1, -0.05) is 24.4 Å². The SMILES string of the molecule is CC(C)OC(=O)OCOP(=O)(COC(C)Cn1cnc2c(=O)[nH]c(N)nc21)OCOC(=O)OC(C)C.CC(Cn1cnc2c(=O)[nH]c(N)nc21)OCP(=O)(O)O.CC(Cn1cnc2c(=S)nc(N)[nH]c21)OCP(=O)(O)O.Nc1nc(=S)c2ncn(CCCOCP(=O)(O)O)c2[nH]1.Nc1nc2c(ncn2CC(CF)OCP(=O)(O)O)c(=O)[nH]1.Nc1nc2c(ncn2CC(OCP(=O)(O)O)C(F)(F)F)c(=O)[nH]1. The van der Waals surface area contributed by atoms with Crippen molar-refractivity contribution >= 4 is 185 Å². The number of fused-ring (bicyclic) bond motifs is 6. The summed E-state index contributed by atoms with van der Waals surface area (Å²) < 4.78 is 186. The van der Waals surface area contributed by atoms with Crippen molar-refractivity contribution in [3.05, 3.63) is 88.7 Å². The highest BCUT2D eigenvalue weighted by Gasteiger charge is 2.43. The Morgan fingerprint density at radius 1 is 0.407 bits per heavy atom. The van der Waals surface area contributed by atoms with E-state index in [9.17, 15) is 73.7 Å². The fourth-order valence-corrected chi connectivity index (χ4v) is 14.5. The summed E-state index contributed by atoms with van der Waals surface area (Å²) in [6.45, 7) is 9.34. The van der Waals surface area contributed by atoms with Gasteiger partial charge in [-0.3, -0.25) is 75.6 Å². The molecule has 0 radical (unpaired) electrons. The summed E-state index contributed by atoms with van der Waals surface area (Å²) in [6, 6.07) is 0. The van der Waals surface area contributed by atoms with Crippen LogP contribution in [0.3, 0.4) is 0 Å². The number of hydrogen-bond donors (Lipinski definition) is 22. The van der Waals surface area contributed by atoms with Crippen LogP contribution in [0.25, 0.3) is 67.0 Å². The third-order valence-electron chi connectivity index (χ3n) is 16.6. The molecule has 76 heteroatoms. The number of nitrogens with two attached hydrogens (primary N) is 6. The number of aryl methyl sites for hydroxylation is 1. The molecule has 0 spiro atoms. The number of H-pyrrole nitrogens is 6. The molecule has 776 valence electrons. The first-order chi connectivity index (χ1) is 65.0. The second-order valence-electron chi connectivity index (χ2n) is 29.3. The third kappa shape index (κ3) is 38.6. The molecule has 12 aromatic rings. The molecule has 5 atom stereocenters. The van der Waals surface area contributed by atoms with Gasteiger partial charge >= 0.3 is 64.1 Å². The van der Waals surface area contributed by atoms with Crippen LogP contribution in [0.5, 0.6) is 0 Å². The first kappa shape index (κ1) is 116. The molecule has 0 amide bonds. The van der Waals surface area contributed by atoms with Gasteiger partial charge in [-0.2, -0.15) is 33.1 Å². The number of aromatic amines is 6. The fourth-order valence-electron chi connectivity index (χ4n) is 10.9. The fraction of sp³-hybridized carbons (Fsp3) is 0.500. The van der Waals surface area contributed by atoms with Gasteiger partial charge in [-0.25, -0.2) is 53.9 Å². The minimum atomic E-state index is -4.90. The van der Waals surface area contributed by atoms with Crippen LogP contribution in [-0.2, 0) is 123 Å². The summed E-state index contributed by atoms with van der Waals surface area (Å²) in [6.07, 6.45) is -9.20. The number of imidazole rings is 6. The Labute approximate surface area is 789 Å². The van der Waals surface area contributed by atoms with Crippen LogP contribution in [-0.4, -0.2) is 292 Å². The lowest BCUT2D eigenvalue weighted by atomic mass is 10.3. The smallest absolute Gasteiger partial charge is 0.432 e. The van der Waals surface area contributed by atoms with E-state index in [0.717, 1.165) is 10.9 Å². The van der Waals surface area contributed by atoms with Gasteiger partial charge in [0, 0.05) is 13.2 Å². The van der Waals surface area contributed by atoms with E-state index in [4.69, 9.17) is 159 Å². The minimum Gasteiger partial charge on any atom is -0.432 e. The Balaban J connectivity index is 0.000000232. The maximum Gasteiger partial charge on any atom is 0.510 e. The van der Waals surface area contributed by atoms with Gasteiger partial charge in [0.15, 0.2) is 71.9 Å². The van der Waals surface area contributed by atoms with E-state index in [-0.39, 0.29) is 107 Å². The van der Waals surface area contributed by atoms with Crippen molar-refractivity contribution in [3.63, 3.8) is 0 Å². The van der Waals surface area contributed by atoms with Gasteiger partial charge in [-0.15, -0.1) is 0 Å². The number of aromatic nitrogens is 24. The number of carbonyl (C=O) groups excluding carboxylic acids is 2. The van der Waals surface area contributed by atoms with Gasteiger partial charge in [-0.05, 0) is 54.9 Å². The van der Waals surface area contributed by atoms with Crippen molar-refractivity contribution in [2.24, 2.45) is 0 Å². The zero-order valence-corrected chi connectivity index (χ0v) is 80.8. The Morgan fingerprint density at radius 2 is 0.707 bits per heavy atom. The maximum absolute atomic E-state index is 13.1. The van der Waals surface area contributed by atoms with Gasteiger partial charge < -0.3 is 168 Å². The van der Waals surface area contributed by atoms with Gasteiger partial charge in [0.05, 0.1) is 101 Å². The van der Waals surface area contributed by atoms with Crippen LogP contribution in [0, 0.1) is 9.28 Å². The average Bonchev–Trinajstić information content (AvgIpc) is 1.64. The third-order valence-corrected chi connectivity index (χ3v) is 21.1. The van der Waals surface area contributed by atoms with Crippen LogP contribution in [0.2, 0.25) is 0 Å². The number of ether oxygens (including phenoxy) is 10. The van der Waals surface area contributed by atoms with E-state index in [2.05, 4.69) is 94.4 Å². The minimum absolute atomic E-state index is 0.0248. The highest BCUT2D eigenvalue weighted by molar-refractivity contribution is 7.71. The van der Waals surface area contributed by atoms with Crippen LogP contribution in [0.4, 0.5) is 62.8 Å². The van der Waals surface area contributed by atoms with Crippen LogP contribution in [0.15, 0.2) is 57.1 Å². The van der Waals surface area contributed by atoms with Crippen LogP contribution >= 0.6 is 70.0 Å². The Morgan fingerprint density at radius 3 is 1.06 bits per heavy atom. The topological polar surface area (TPSA) is 953 Å². The number of hydrogen-bond acceptors (Lipinski definition) is 44. The van der Waals surface area contributed by atoms with E-state index >= 15 is 0 Å². The number of carbonyl (C=O) groups is 2. The number of nitrogen functional groups attached to an aromatic ring is 6. The highest BCUT2D eigenvalue weighted by Crippen LogP contribution is 2.49. The van der Waals surface area contributed by atoms with Crippen LogP contribution < -0.4 is 56.6 Å². The number of halogens is 4. The van der Waals surface area contributed by atoms with Crippen molar-refractivity contribution in [3.8, 4) is 0 Å². The molecular formula is C64H96F4N30O34P6S2. The van der Waals surface area contributed by atoms with Crippen molar-refractivity contribution in [2.75, 3.05) is 99.4 Å². The molecule has 0 fully saturated rings. The molecule has 12 aromatic heterocycles. The molecule has 5 unspecified atom stereocenters. The molecular weight excluding hydrogens is 2060 g/mol. The monoisotopic (exact) mass is 2150 g/mol. The Bertz CT molecular complexity index is 6770. The lowest BCUT2D eigenvalue weighted by Gasteiger charge is -2.21. The van der Waals surface area contributed by atoms with Gasteiger partial charge in [0.1, 0.15) is 73.2 Å².